The molecule has 0 bridgehead atoms. The van der Waals surface area contributed by atoms with Crippen molar-refractivity contribution in [2.45, 2.75) is 44.7 Å². The second-order valence-corrected chi connectivity index (χ2v) is 10.6. The van der Waals surface area contributed by atoms with Crippen molar-refractivity contribution in [1.29, 1.82) is 0 Å². The van der Waals surface area contributed by atoms with Crippen LogP contribution in [0, 0.1) is 12.8 Å². The third-order valence-electron chi connectivity index (χ3n) is 7.41. The average Bonchev–Trinajstić information content (AvgIpc) is 3.58. The lowest BCUT2D eigenvalue weighted by Gasteiger charge is -2.29. The van der Waals surface area contributed by atoms with Gasteiger partial charge >= 0.3 is 12.1 Å². The van der Waals surface area contributed by atoms with E-state index in [2.05, 4.69) is 63.2 Å². The van der Waals surface area contributed by atoms with E-state index in [9.17, 15) is 18.0 Å². The summed E-state index contributed by atoms with van der Waals surface area (Å²) in [6.45, 7) is 2.51. The molecule has 0 aliphatic heterocycles. The largest absolute Gasteiger partial charge is 0.482 e. The fraction of sp³-hybridized carbons (Fsp3) is 0.310. The number of aromatic nitrogens is 3. The first-order valence-electron chi connectivity index (χ1n) is 12.8. The molecule has 3 N–H and O–H groups in total. The molecule has 6 rings (SSSR count). The van der Waals surface area contributed by atoms with E-state index in [1.807, 2.05) is 6.92 Å². The summed E-state index contributed by atoms with van der Waals surface area (Å²) < 4.78 is 45.1. The first-order valence-corrected chi connectivity index (χ1v) is 13.2. The maximum absolute atomic E-state index is 11.8. The number of hydrogen-bond donors (Lipinski definition) is 2. The average molecular weight is 587 g/mol. The van der Waals surface area contributed by atoms with Crippen molar-refractivity contribution >= 4 is 23.3 Å². The molecule has 2 aromatic carbocycles. The van der Waals surface area contributed by atoms with Gasteiger partial charge in [-0.1, -0.05) is 53.2 Å². The molecule has 0 radical (unpaired) electrons. The quantitative estimate of drug-likeness (QED) is 0.213. The summed E-state index contributed by atoms with van der Waals surface area (Å²) in [7, 11) is 0. The molecule has 1 atom stereocenters. The van der Waals surface area contributed by atoms with Crippen molar-refractivity contribution in [3.8, 4) is 16.9 Å². The third-order valence-corrected chi connectivity index (χ3v) is 7.69. The van der Waals surface area contributed by atoms with Crippen molar-refractivity contribution in [3.63, 3.8) is 0 Å². The number of ether oxygens (including phenoxy) is 1. The number of carboxylic acid groups (broad SMARTS) is 1. The lowest BCUT2D eigenvalue weighted by atomic mass is 9.75. The molecule has 1 saturated carbocycles. The highest BCUT2D eigenvalue weighted by Crippen LogP contribution is 2.53. The van der Waals surface area contributed by atoms with Crippen LogP contribution in [-0.2, 0) is 11.8 Å². The second kappa shape index (κ2) is 10.7. The van der Waals surface area contributed by atoms with Crippen LogP contribution < -0.4 is 10.5 Å². The Labute approximate surface area is 238 Å². The molecule has 1 fully saturated rings. The minimum atomic E-state index is -4.52. The number of fused-ring (bicyclic) bond motifs is 3. The van der Waals surface area contributed by atoms with Gasteiger partial charge in [0.25, 0.3) is 0 Å². The number of nitrogens with two attached hydrogens (primary N) is 1. The van der Waals surface area contributed by atoms with Crippen molar-refractivity contribution < 1.29 is 32.3 Å². The lowest BCUT2D eigenvalue weighted by Crippen LogP contribution is -2.29. The van der Waals surface area contributed by atoms with Gasteiger partial charge < -0.3 is 20.1 Å². The summed E-state index contributed by atoms with van der Waals surface area (Å²) >= 11 is 5.48. The van der Waals surface area contributed by atoms with Crippen LogP contribution in [0.3, 0.4) is 0 Å². The summed E-state index contributed by atoms with van der Waals surface area (Å²) in [5, 5.41) is 12.6. The maximum Gasteiger partial charge on any atom is 0.422 e. The molecule has 214 valence electrons. The fourth-order valence-electron chi connectivity index (χ4n) is 5.19. The number of nitrogen functional groups attached to an aromatic ring is 1. The van der Waals surface area contributed by atoms with E-state index in [1.54, 1.807) is 0 Å². The topological polar surface area (TPSA) is 124 Å². The number of aryl methyl sites for hydroxylation is 1. The maximum atomic E-state index is 11.8. The van der Waals surface area contributed by atoms with Gasteiger partial charge in [-0.05, 0) is 53.5 Å². The zero-order chi connectivity index (χ0) is 29.5. The van der Waals surface area contributed by atoms with Crippen molar-refractivity contribution in [2.75, 3.05) is 12.3 Å². The number of halogens is 4. The number of hydrogen-bond acceptors (Lipinski definition) is 7. The van der Waals surface area contributed by atoms with Crippen LogP contribution in [0.25, 0.3) is 11.1 Å². The van der Waals surface area contributed by atoms with Crippen molar-refractivity contribution in [2.24, 2.45) is 5.92 Å². The number of carboxylic acids is 1. The number of anilines is 1. The summed E-state index contributed by atoms with van der Waals surface area (Å²) in [6, 6.07) is 13.8. The molecule has 2 heterocycles. The second-order valence-electron chi connectivity index (χ2n) is 10.2. The number of nitrogens with zero attached hydrogens (tertiary/aromatic N) is 3. The minimum Gasteiger partial charge on any atom is -0.482 e. The van der Waals surface area contributed by atoms with E-state index in [1.165, 1.54) is 35.1 Å². The fourth-order valence-corrected chi connectivity index (χ4v) is 5.35. The molecule has 0 unspecified atom stereocenters. The Morgan fingerprint density at radius 2 is 1.93 bits per heavy atom. The molecular weight excluding hydrogens is 561 g/mol. The van der Waals surface area contributed by atoms with Gasteiger partial charge in [0.15, 0.2) is 18.1 Å². The van der Waals surface area contributed by atoms with E-state index in [0.29, 0.717) is 11.8 Å². The smallest absolute Gasteiger partial charge is 0.422 e. The van der Waals surface area contributed by atoms with Gasteiger partial charge in [0.1, 0.15) is 10.8 Å². The Bertz CT molecular complexity index is 1620. The Morgan fingerprint density at radius 1 is 1.20 bits per heavy atom. The van der Waals surface area contributed by atoms with Crippen LogP contribution >= 0.6 is 11.6 Å². The highest BCUT2D eigenvalue weighted by Gasteiger charge is 2.48. The number of benzene rings is 2. The van der Waals surface area contributed by atoms with Gasteiger partial charge in [-0.3, -0.25) is 0 Å². The number of aromatic carboxylic acids is 1. The first-order chi connectivity index (χ1) is 19.4. The van der Waals surface area contributed by atoms with E-state index >= 15 is 0 Å². The Balaban J connectivity index is 0.000000184. The zero-order valence-electron chi connectivity index (χ0n) is 22.1. The predicted molar refractivity (Wildman–Crippen MR) is 145 cm³/mol. The SMILES string of the molecule is Cc1nc([C@](C)(c2ccc3c(c2N)Cc2ccccc2-3)C2CC2)no1.O=C(O)c1cc(OCC(F)(F)F)c(Cl)cn1. The van der Waals surface area contributed by atoms with Crippen LogP contribution in [0.2, 0.25) is 5.02 Å². The predicted octanol–water partition coefficient (Wildman–Crippen LogP) is 6.62. The Morgan fingerprint density at radius 3 is 2.56 bits per heavy atom. The van der Waals surface area contributed by atoms with E-state index in [0.717, 1.165) is 35.8 Å². The molecule has 2 aromatic heterocycles. The molecule has 2 aliphatic rings. The molecule has 0 amide bonds. The molecule has 0 spiro atoms. The summed E-state index contributed by atoms with van der Waals surface area (Å²) in [6.07, 6.45) is -0.342. The van der Waals surface area contributed by atoms with E-state index in [4.69, 9.17) is 27.0 Å². The molecule has 0 saturated heterocycles. The highest BCUT2D eigenvalue weighted by atomic mass is 35.5. The number of rotatable bonds is 6. The molecule has 41 heavy (non-hydrogen) atoms. The first kappa shape index (κ1) is 28.4. The normalized spacial score (nSPS) is 15.3. The van der Waals surface area contributed by atoms with Crippen molar-refractivity contribution in [1.82, 2.24) is 15.1 Å². The van der Waals surface area contributed by atoms with Crippen LogP contribution in [0.1, 0.15) is 58.7 Å². The lowest BCUT2D eigenvalue weighted by molar-refractivity contribution is -0.153. The molecule has 4 aromatic rings. The van der Waals surface area contributed by atoms with Crippen LogP contribution in [0.5, 0.6) is 5.75 Å². The van der Waals surface area contributed by atoms with Crippen LogP contribution in [0.15, 0.2) is 53.2 Å². The third kappa shape index (κ3) is 5.72. The number of carbonyl (C=O) groups is 1. The Kier molecular flexibility index (Phi) is 7.41. The standard InChI is InChI=1S/C21H21N3O.C8H5ClF3NO3/c1-12-23-20(24-25-12)21(2,14-7-8-14)18-10-9-16-15-6-4-3-5-13(15)11-17(16)19(18)22;9-4-2-13-5(7(14)15)1-6(4)16-3-8(10,11)12/h3-6,9-10,14H,7-8,11,22H2,1-2H3;1-2H,3H2,(H,14,15)/t21-;/m0./s1. The van der Waals surface area contributed by atoms with Gasteiger partial charge in [0.2, 0.25) is 5.89 Å². The summed E-state index contributed by atoms with van der Waals surface area (Å²) in [4.78, 5) is 18.4. The molecule has 2 aliphatic carbocycles. The Hall–Kier alpha value is -4.12. The van der Waals surface area contributed by atoms with Gasteiger partial charge in [-0.2, -0.15) is 18.2 Å². The van der Waals surface area contributed by atoms with Gasteiger partial charge in [-0.25, -0.2) is 9.78 Å². The zero-order valence-corrected chi connectivity index (χ0v) is 22.9. The molecular formula is C29H26ClF3N4O4. The van der Waals surface area contributed by atoms with Gasteiger partial charge in [-0.15, -0.1) is 0 Å². The van der Waals surface area contributed by atoms with E-state index in [-0.39, 0.29) is 16.2 Å². The van der Waals surface area contributed by atoms with Gasteiger partial charge in [0.05, 0.1) is 11.6 Å². The number of alkyl halides is 3. The van der Waals surface area contributed by atoms with E-state index < -0.39 is 24.4 Å². The van der Waals surface area contributed by atoms with Crippen LogP contribution in [0.4, 0.5) is 18.9 Å². The molecule has 12 heteroatoms. The number of pyridine rings is 1. The summed E-state index contributed by atoms with van der Waals surface area (Å²) in [5.41, 5.74) is 13.2. The summed E-state index contributed by atoms with van der Waals surface area (Å²) in [5.74, 6) is 0.136. The molecule has 8 nitrogen and oxygen atoms in total. The van der Waals surface area contributed by atoms with Crippen molar-refractivity contribution in [3.05, 3.63) is 87.8 Å². The monoisotopic (exact) mass is 586 g/mol. The highest BCUT2D eigenvalue weighted by molar-refractivity contribution is 6.32. The van der Waals surface area contributed by atoms with Crippen LogP contribution in [-0.4, -0.2) is 39.0 Å². The van der Waals surface area contributed by atoms with Gasteiger partial charge in [0, 0.05) is 25.1 Å². The minimum absolute atomic E-state index is 0.186.